The van der Waals surface area contributed by atoms with E-state index >= 15 is 0 Å². The average molecular weight is 491 g/mol. The highest BCUT2D eigenvalue weighted by Gasteiger charge is 2.33. The second-order valence-electron chi connectivity index (χ2n) is 11.3. The van der Waals surface area contributed by atoms with Crippen LogP contribution in [0.4, 0.5) is 0 Å². The molecular formula is C32H46N2O2. The summed E-state index contributed by atoms with van der Waals surface area (Å²) in [5.41, 5.74) is 2.15. The molecule has 36 heavy (non-hydrogen) atoms. The lowest BCUT2D eigenvalue weighted by molar-refractivity contribution is -0.140. The summed E-state index contributed by atoms with van der Waals surface area (Å²) >= 11 is 0. The smallest absolute Gasteiger partial charge is 0.314 e. The van der Waals surface area contributed by atoms with E-state index in [0.717, 1.165) is 42.6 Å². The fraction of sp³-hybridized carbons (Fsp3) is 0.656. The number of esters is 1. The van der Waals surface area contributed by atoms with Gasteiger partial charge in [-0.2, -0.15) is 0 Å². The normalized spacial score (nSPS) is 24.4. The van der Waals surface area contributed by atoms with Crippen LogP contribution in [-0.4, -0.2) is 15.9 Å². The molecule has 2 aromatic rings. The van der Waals surface area contributed by atoms with Crippen LogP contribution in [0.5, 0.6) is 5.75 Å². The highest BCUT2D eigenvalue weighted by Crippen LogP contribution is 2.42. The van der Waals surface area contributed by atoms with Crippen molar-refractivity contribution in [2.75, 3.05) is 0 Å². The molecule has 0 spiro atoms. The predicted octanol–water partition coefficient (Wildman–Crippen LogP) is 8.58. The van der Waals surface area contributed by atoms with Gasteiger partial charge in [-0.05, 0) is 98.9 Å². The van der Waals surface area contributed by atoms with Gasteiger partial charge in [0.25, 0.3) is 0 Å². The van der Waals surface area contributed by atoms with Crippen molar-refractivity contribution in [2.45, 2.75) is 110 Å². The van der Waals surface area contributed by atoms with E-state index < -0.39 is 0 Å². The summed E-state index contributed by atoms with van der Waals surface area (Å²) in [5.74, 6) is 3.98. The molecule has 4 rings (SSSR count). The maximum absolute atomic E-state index is 12.8. The van der Waals surface area contributed by atoms with E-state index in [1.165, 1.54) is 82.6 Å². The monoisotopic (exact) mass is 490 g/mol. The van der Waals surface area contributed by atoms with Crippen molar-refractivity contribution in [1.29, 1.82) is 0 Å². The third kappa shape index (κ3) is 7.63. The number of hydrogen-bond donors (Lipinski definition) is 0. The topological polar surface area (TPSA) is 52.1 Å². The van der Waals surface area contributed by atoms with Crippen LogP contribution in [0.3, 0.4) is 0 Å². The third-order valence-electron chi connectivity index (χ3n) is 8.85. The first kappa shape index (κ1) is 26.8. The molecule has 0 amide bonds. The van der Waals surface area contributed by atoms with Crippen LogP contribution in [0.15, 0.2) is 36.7 Å². The molecule has 2 aliphatic carbocycles. The van der Waals surface area contributed by atoms with Crippen LogP contribution in [0, 0.1) is 23.7 Å². The lowest BCUT2D eigenvalue weighted by Crippen LogP contribution is -2.30. The molecule has 0 N–H and O–H groups in total. The minimum atomic E-state index is -0.0598. The zero-order valence-electron chi connectivity index (χ0n) is 22.6. The Balaban J connectivity index is 1.20. The van der Waals surface area contributed by atoms with Gasteiger partial charge in [0.05, 0.1) is 5.92 Å². The number of rotatable bonds is 11. The van der Waals surface area contributed by atoms with Gasteiger partial charge in [0, 0.05) is 18.0 Å². The first-order chi connectivity index (χ1) is 17.7. The molecule has 4 nitrogen and oxygen atoms in total. The molecular weight excluding hydrogens is 444 g/mol. The lowest BCUT2D eigenvalue weighted by atomic mass is 9.69. The minimum absolute atomic E-state index is 0.0470. The number of unbranched alkanes of at least 4 members (excludes halogenated alkanes) is 4. The van der Waals surface area contributed by atoms with Crippen molar-refractivity contribution in [3.05, 3.63) is 42.2 Å². The molecule has 2 aliphatic rings. The van der Waals surface area contributed by atoms with Gasteiger partial charge < -0.3 is 4.74 Å². The van der Waals surface area contributed by atoms with Crippen molar-refractivity contribution in [3.63, 3.8) is 0 Å². The van der Waals surface area contributed by atoms with Gasteiger partial charge in [-0.15, -0.1) is 0 Å². The average Bonchev–Trinajstić information content (AvgIpc) is 2.94. The fourth-order valence-electron chi connectivity index (χ4n) is 6.33. The summed E-state index contributed by atoms with van der Waals surface area (Å²) in [4.78, 5) is 21.9. The quantitative estimate of drug-likeness (QED) is 0.180. The van der Waals surface area contributed by atoms with Crippen LogP contribution in [0.1, 0.15) is 109 Å². The Labute approximate surface area is 218 Å². The Morgan fingerprint density at radius 2 is 1.42 bits per heavy atom. The van der Waals surface area contributed by atoms with Crippen LogP contribution in [0.25, 0.3) is 11.4 Å². The van der Waals surface area contributed by atoms with E-state index in [-0.39, 0.29) is 11.9 Å². The van der Waals surface area contributed by atoms with Crippen LogP contribution >= 0.6 is 0 Å². The van der Waals surface area contributed by atoms with E-state index in [1.54, 1.807) is 0 Å². The largest absolute Gasteiger partial charge is 0.426 e. The summed E-state index contributed by atoms with van der Waals surface area (Å²) in [6.07, 6.45) is 22.6. The second-order valence-corrected chi connectivity index (χ2v) is 11.3. The van der Waals surface area contributed by atoms with Gasteiger partial charge in [0.15, 0.2) is 5.82 Å². The van der Waals surface area contributed by atoms with E-state index in [4.69, 9.17) is 4.74 Å². The maximum Gasteiger partial charge on any atom is 0.314 e. The molecule has 4 heteroatoms. The third-order valence-corrected chi connectivity index (χ3v) is 8.85. The van der Waals surface area contributed by atoms with Gasteiger partial charge in [0.1, 0.15) is 5.75 Å². The van der Waals surface area contributed by atoms with E-state index in [9.17, 15) is 4.79 Å². The number of benzene rings is 1. The molecule has 0 bridgehead atoms. The van der Waals surface area contributed by atoms with E-state index in [0.29, 0.717) is 11.6 Å². The molecule has 0 saturated heterocycles. The molecule has 0 aliphatic heterocycles. The van der Waals surface area contributed by atoms with Gasteiger partial charge in [0.2, 0.25) is 0 Å². The van der Waals surface area contributed by atoms with Crippen molar-refractivity contribution in [2.24, 2.45) is 23.7 Å². The second kappa shape index (κ2) is 13.9. The highest BCUT2D eigenvalue weighted by molar-refractivity contribution is 5.75. The number of aromatic nitrogens is 2. The van der Waals surface area contributed by atoms with Gasteiger partial charge in [-0.1, -0.05) is 58.8 Å². The minimum Gasteiger partial charge on any atom is -0.426 e. The molecule has 0 radical (unpaired) electrons. The first-order valence-corrected chi connectivity index (χ1v) is 14.8. The Morgan fingerprint density at radius 3 is 2.03 bits per heavy atom. The summed E-state index contributed by atoms with van der Waals surface area (Å²) in [5, 5.41) is 0. The van der Waals surface area contributed by atoms with Crippen LogP contribution in [-0.2, 0) is 11.2 Å². The summed E-state index contributed by atoms with van der Waals surface area (Å²) in [6.45, 7) is 4.57. The molecule has 196 valence electrons. The Kier molecular flexibility index (Phi) is 10.4. The van der Waals surface area contributed by atoms with Crippen LogP contribution in [0.2, 0.25) is 0 Å². The number of hydrogen-bond acceptors (Lipinski definition) is 4. The predicted molar refractivity (Wildman–Crippen MR) is 147 cm³/mol. The van der Waals surface area contributed by atoms with Gasteiger partial charge >= 0.3 is 5.97 Å². The summed E-state index contributed by atoms with van der Waals surface area (Å²) in [7, 11) is 0. The molecule has 1 aromatic carbocycles. The SMILES string of the molecule is CCCCCCCc1cnc(-c2ccc(OC(=O)[C@H]3CC[C@H]([C@H]4CC[C@H](CC)CC4)CC3)cc2)nc1. The number of nitrogens with zero attached hydrogens (tertiary/aromatic N) is 2. The van der Waals surface area contributed by atoms with Crippen molar-refractivity contribution < 1.29 is 9.53 Å². The van der Waals surface area contributed by atoms with Gasteiger partial charge in [-0.3, -0.25) is 4.79 Å². The number of carbonyl (C=O) groups is 1. The molecule has 1 aromatic heterocycles. The van der Waals surface area contributed by atoms with Crippen molar-refractivity contribution in [3.8, 4) is 17.1 Å². The van der Waals surface area contributed by atoms with Crippen LogP contribution < -0.4 is 4.74 Å². The molecule has 0 atom stereocenters. The zero-order valence-corrected chi connectivity index (χ0v) is 22.6. The first-order valence-electron chi connectivity index (χ1n) is 14.8. The molecule has 1 heterocycles. The lowest BCUT2D eigenvalue weighted by Gasteiger charge is -2.37. The van der Waals surface area contributed by atoms with E-state index in [2.05, 4.69) is 23.8 Å². The fourth-order valence-corrected chi connectivity index (χ4v) is 6.33. The highest BCUT2D eigenvalue weighted by atomic mass is 16.5. The van der Waals surface area contributed by atoms with Crippen molar-refractivity contribution in [1.82, 2.24) is 9.97 Å². The molecule has 0 unspecified atom stereocenters. The maximum atomic E-state index is 12.8. The number of carbonyl (C=O) groups excluding carboxylic acids is 1. The standard InChI is InChI=1S/C32H46N2O2/c1-3-5-6-7-8-9-25-22-33-31(34-23-25)28-18-20-30(21-19-28)36-32(35)29-16-14-27(15-17-29)26-12-10-24(4-2)11-13-26/h18-24,26-27,29H,3-17H2,1-2H3/t24-,26-,27-,29-. The summed E-state index contributed by atoms with van der Waals surface area (Å²) < 4.78 is 5.77. The van der Waals surface area contributed by atoms with Gasteiger partial charge in [-0.25, -0.2) is 9.97 Å². The Bertz CT molecular complexity index is 908. The van der Waals surface area contributed by atoms with E-state index in [1.807, 2.05) is 36.7 Å². The molecule has 2 saturated carbocycles. The van der Waals surface area contributed by atoms with Crippen molar-refractivity contribution >= 4 is 5.97 Å². The zero-order chi connectivity index (χ0) is 25.2. The number of aryl methyl sites for hydroxylation is 1. The Morgan fingerprint density at radius 1 is 0.806 bits per heavy atom. The molecule has 2 fully saturated rings. The summed E-state index contributed by atoms with van der Waals surface area (Å²) in [6, 6.07) is 7.64. The number of ether oxygens (including phenoxy) is 1. The Hall–Kier alpha value is -2.23.